The van der Waals surface area contributed by atoms with Gasteiger partial charge in [-0.15, -0.1) is 0 Å². The summed E-state index contributed by atoms with van der Waals surface area (Å²) >= 11 is 0. The summed E-state index contributed by atoms with van der Waals surface area (Å²) in [5.41, 5.74) is 15.7. The van der Waals surface area contributed by atoms with Crippen molar-refractivity contribution in [1.29, 1.82) is 0 Å². The highest BCUT2D eigenvalue weighted by molar-refractivity contribution is 5.55. The van der Waals surface area contributed by atoms with Gasteiger partial charge >= 0.3 is 0 Å². The third kappa shape index (κ3) is 3.91. The van der Waals surface area contributed by atoms with Gasteiger partial charge in [0.2, 0.25) is 0 Å². The molecule has 0 spiro atoms. The Morgan fingerprint density at radius 1 is 0.870 bits per heavy atom. The first-order valence-corrected chi connectivity index (χ1v) is 8.33. The van der Waals surface area contributed by atoms with Gasteiger partial charge in [0.05, 0.1) is 0 Å². The summed E-state index contributed by atoms with van der Waals surface area (Å²) in [6.45, 7) is 5.70. The Labute approximate surface area is 138 Å². The Balaban J connectivity index is 1.63. The van der Waals surface area contributed by atoms with Gasteiger partial charge in [-0.1, -0.05) is 48.5 Å². The third-order valence-electron chi connectivity index (χ3n) is 4.55. The molecule has 0 aliphatic carbocycles. The highest BCUT2D eigenvalue weighted by Gasteiger charge is 2.20. The van der Waals surface area contributed by atoms with Crippen molar-refractivity contribution in [2.75, 3.05) is 37.6 Å². The molecule has 1 aliphatic rings. The lowest BCUT2D eigenvalue weighted by molar-refractivity contribution is 0.249. The molecule has 23 heavy (non-hydrogen) atoms. The lowest BCUT2D eigenvalue weighted by Gasteiger charge is -2.37. The maximum absolute atomic E-state index is 6.17. The van der Waals surface area contributed by atoms with E-state index in [0.717, 1.165) is 38.3 Å². The molecule has 0 saturated carbocycles. The van der Waals surface area contributed by atoms with Crippen molar-refractivity contribution in [1.82, 2.24) is 4.90 Å². The van der Waals surface area contributed by atoms with Gasteiger partial charge in [0.15, 0.2) is 0 Å². The van der Waals surface area contributed by atoms with E-state index in [0.29, 0.717) is 6.54 Å². The molecule has 4 heteroatoms. The summed E-state index contributed by atoms with van der Waals surface area (Å²) in [6, 6.07) is 19.0. The Kier molecular flexibility index (Phi) is 5.28. The quantitative estimate of drug-likeness (QED) is 0.886. The van der Waals surface area contributed by atoms with E-state index in [-0.39, 0.29) is 6.04 Å². The molecule has 0 aromatic heterocycles. The second-order valence-electron chi connectivity index (χ2n) is 6.15. The molecule has 0 bridgehead atoms. The zero-order chi connectivity index (χ0) is 16.1. The summed E-state index contributed by atoms with van der Waals surface area (Å²) in [5.74, 6) is 0. The molecule has 2 aromatic rings. The molecule has 3 rings (SSSR count). The van der Waals surface area contributed by atoms with Crippen LogP contribution in [-0.2, 0) is 6.54 Å². The fourth-order valence-corrected chi connectivity index (χ4v) is 3.20. The highest BCUT2D eigenvalue weighted by atomic mass is 15.3. The molecule has 0 amide bonds. The van der Waals surface area contributed by atoms with Crippen LogP contribution in [0.25, 0.3) is 0 Å². The Morgan fingerprint density at radius 2 is 1.52 bits per heavy atom. The van der Waals surface area contributed by atoms with E-state index in [1.54, 1.807) is 0 Å². The van der Waals surface area contributed by atoms with Crippen LogP contribution in [0.15, 0.2) is 54.6 Å². The lowest BCUT2D eigenvalue weighted by atomic mass is 10.0. The normalized spacial score (nSPS) is 17.2. The molecular formula is C19H26N4. The standard InChI is InChI=1S/C19H26N4/c20-14-18(21)17-8-4-5-9-19(17)23-12-10-22(11-13-23)15-16-6-2-1-3-7-16/h1-9,18H,10-15,20-21H2. The minimum absolute atomic E-state index is 0.0893. The van der Waals surface area contributed by atoms with Gasteiger partial charge in [0.25, 0.3) is 0 Å². The first-order valence-electron chi connectivity index (χ1n) is 8.33. The van der Waals surface area contributed by atoms with Crippen molar-refractivity contribution in [2.24, 2.45) is 11.5 Å². The van der Waals surface area contributed by atoms with Crippen LogP contribution in [0.3, 0.4) is 0 Å². The molecule has 1 unspecified atom stereocenters. The summed E-state index contributed by atoms with van der Waals surface area (Å²) in [6.07, 6.45) is 0. The van der Waals surface area contributed by atoms with Crippen molar-refractivity contribution >= 4 is 5.69 Å². The molecule has 1 saturated heterocycles. The molecular weight excluding hydrogens is 284 g/mol. The molecule has 1 atom stereocenters. The van der Waals surface area contributed by atoms with Gasteiger partial charge in [-0.05, 0) is 17.2 Å². The van der Waals surface area contributed by atoms with E-state index in [9.17, 15) is 0 Å². The summed E-state index contributed by atoms with van der Waals surface area (Å²) < 4.78 is 0. The minimum atomic E-state index is -0.0893. The topological polar surface area (TPSA) is 58.5 Å². The van der Waals surface area contributed by atoms with Crippen LogP contribution >= 0.6 is 0 Å². The van der Waals surface area contributed by atoms with Crippen molar-refractivity contribution in [3.8, 4) is 0 Å². The average Bonchev–Trinajstić information content (AvgIpc) is 2.62. The lowest BCUT2D eigenvalue weighted by Crippen LogP contribution is -2.46. The van der Waals surface area contributed by atoms with E-state index in [1.807, 2.05) is 6.07 Å². The predicted molar refractivity (Wildman–Crippen MR) is 96.4 cm³/mol. The third-order valence-corrected chi connectivity index (χ3v) is 4.55. The number of hydrogen-bond donors (Lipinski definition) is 2. The SMILES string of the molecule is NCC(N)c1ccccc1N1CCN(Cc2ccccc2)CC1. The van der Waals surface area contributed by atoms with Gasteiger partial charge in [-0.25, -0.2) is 0 Å². The molecule has 0 radical (unpaired) electrons. The number of rotatable bonds is 5. The molecule has 4 nitrogen and oxygen atoms in total. The van der Waals surface area contributed by atoms with Crippen molar-refractivity contribution < 1.29 is 0 Å². The van der Waals surface area contributed by atoms with E-state index in [2.05, 4.69) is 58.3 Å². The van der Waals surface area contributed by atoms with Crippen LogP contribution in [0.2, 0.25) is 0 Å². The zero-order valence-electron chi connectivity index (χ0n) is 13.6. The van der Waals surface area contributed by atoms with Crippen LogP contribution in [0.4, 0.5) is 5.69 Å². The van der Waals surface area contributed by atoms with Gasteiger partial charge < -0.3 is 16.4 Å². The molecule has 122 valence electrons. The molecule has 1 fully saturated rings. The highest BCUT2D eigenvalue weighted by Crippen LogP contribution is 2.26. The maximum Gasteiger partial charge on any atom is 0.0440 e. The molecule has 4 N–H and O–H groups in total. The number of nitrogens with zero attached hydrogens (tertiary/aromatic N) is 2. The zero-order valence-corrected chi connectivity index (χ0v) is 13.6. The van der Waals surface area contributed by atoms with Gasteiger partial charge in [0, 0.05) is 51.0 Å². The van der Waals surface area contributed by atoms with E-state index < -0.39 is 0 Å². The first-order chi connectivity index (χ1) is 11.3. The van der Waals surface area contributed by atoms with Crippen LogP contribution in [0, 0.1) is 0 Å². The van der Waals surface area contributed by atoms with E-state index in [4.69, 9.17) is 11.5 Å². The summed E-state index contributed by atoms with van der Waals surface area (Å²) in [5, 5.41) is 0. The Bertz CT molecular complexity index is 606. The van der Waals surface area contributed by atoms with Crippen LogP contribution in [0.5, 0.6) is 0 Å². The summed E-state index contributed by atoms with van der Waals surface area (Å²) in [4.78, 5) is 4.95. The first kappa shape index (κ1) is 16.0. The van der Waals surface area contributed by atoms with Crippen molar-refractivity contribution in [2.45, 2.75) is 12.6 Å². The fourth-order valence-electron chi connectivity index (χ4n) is 3.20. The second-order valence-corrected chi connectivity index (χ2v) is 6.15. The monoisotopic (exact) mass is 310 g/mol. The molecule has 2 aromatic carbocycles. The van der Waals surface area contributed by atoms with Crippen LogP contribution < -0.4 is 16.4 Å². The average molecular weight is 310 g/mol. The van der Waals surface area contributed by atoms with E-state index >= 15 is 0 Å². The number of hydrogen-bond acceptors (Lipinski definition) is 4. The second kappa shape index (κ2) is 7.59. The molecule has 1 heterocycles. The number of benzene rings is 2. The maximum atomic E-state index is 6.17. The Morgan fingerprint density at radius 3 is 2.22 bits per heavy atom. The van der Waals surface area contributed by atoms with Gasteiger partial charge in [-0.2, -0.15) is 0 Å². The summed E-state index contributed by atoms with van der Waals surface area (Å²) in [7, 11) is 0. The van der Waals surface area contributed by atoms with Crippen LogP contribution in [0.1, 0.15) is 17.2 Å². The number of para-hydroxylation sites is 1. The van der Waals surface area contributed by atoms with Crippen molar-refractivity contribution in [3.05, 3.63) is 65.7 Å². The minimum Gasteiger partial charge on any atom is -0.369 e. The molecule has 1 aliphatic heterocycles. The van der Waals surface area contributed by atoms with E-state index in [1.165, 1.54) is 11.3 Å². The van der Waals surface area contributed by atoms with Gasteiger partial charge in [-0.3, -0.25) is 4.90 Å². The number of nitrogens with two attached hydrogens (primary N) is 2. The van der Waals surface area contributed by atoms with Crippen molar-refractivity contribution in [3.63, 3.8) is 0 Å². The fraction of sp³-hybridized carbons (Fsp3) is 0.368. The largest absolute Gasteiger partial charge is 0.369 e. The predicted octanol–water partition coefficient (Wildman–Crippen LogP) is 1.97. The number of anilines is 1. The smallest absolute Gasteiger partial charge is 0.0440 e. The van der Waals surface area contributed by atoms with Gasteiger partial charge in [0.1, 0.15) is 0 Å². The van der Waals surface area contributed by atoms with Crippen LogP contribution in [-0.4, -0.2) is 37.6 Å². The number of piperazine rings is 1. The Hall–Kier alpha value is -1.88.